The Morgan fingerprint density at radius 2 is 1.62 bits per heavy atom. The van der Waals surface area contributed by atoms with Crippen molar-refractivity contribution in [1.82, 2.24) is 4.90 Å². The molecule has 2 aromatic carbocycles. The van der Waals surface area contributed by atoms with Crippen molar-refractivity contribution in [2.75, 3.05) is 47.3 Å². The summed E-state index contributed by atoms with van der Waals surface area (Å²) >= 11 is 0. The number of rotatable bonds is 9. The van der Waals surface area contributed by atoms with Gasteiger partial charge in [-0.3, -0.25) is 14.5 Å². The van der Waals surface area contributed by atoms with E-state index in [0.29, 0.717) is 39.8 Å². The molecule has 1 fully saturated rings. The Morgan fingerprint density at radius 1 is 0.971 bits per heavy atom. The van der Waals surface area contributed by atoms with Crippen LogP contribution in [0.25, 0.3) is 6.08 Å². The van der Waals surface area contributed by atoms with E-state index in [-0.39, 0.29) is 17.7 Å². The molecule has 1 amide bonds. The molecule has 8 heteroatoms. The molecule has 8 nitrogen and oxygen atoms in total. The number of ketones is 1. The molecular weight excluding hydrogens is 436 g/mol. The summed E-state index contributed by atoms with van der Waals surface area (Å²) in [5.74, 6) is 1.54. The van der Waals surface area contributed by atoms with Crippen molar-refractivity contribution in [1.29, 1.82) is 0 Å². The van der Waals surface area contributed by atoms with Crippen LogP contribution in [-0.4, -0.2) is 64.7 Å². The summed E-state index contributed by atoms with van der Waals surface area (Å²) < 4.78 is 21.5. The first-order chi connectivity index (χ1) is 16.3. The van der Waals surface area contributed by atoms with Crippen LogP contribution in [-0.2, 0) is 4.79 Å². The van der Waals surface area contributed by atoms with Gasteiger partial charge in [0.15, 0.2) is 17.3 Å². The average Bonchev–Trinajstić information content (AvgIpc) is 3.28. The summed E-state index contributed by atoms with van der Waals surface area (Å²) in [7, 11) is 8.03. The molecule has 0 radical (unpaired) electrons. The molecule has 1 heterocycles. The third kappa shape index (κ3) is 5.34. The number of allylic oxidation sites excluding steroid dienone is 1. The Balaban J connectivity index is 1.88. The van der Waals surface area contributed by atoms with Gasteiger partial charge in [0.25, 0.3) is 0 Å². The van der Waals surface area contributed by atoms with Gasteiger partial charge < -0.3 is 24.3 Å². The summed E-state index contributed by atoms with van der Waals surface area (Å²) in [6.07, 6.45) is 3.59. The van der Waals surface area contributed by atoms with E-state index in [9.17, 15) is 9.59 Å². The van der Waals surface area contributed by atoms with Crippen molar-refractivity contribution in [3.05, 3.63) is 47.0 Å². The molecule has 1 saturated heterocycles. The summed E-state index contributed by atoms with van der Waals surface area (Å²) in [5.41, 5.74) is 2.24. The first-order valence-corrected chi connectivity index (χ1v) is 11.0. The number of ether oxygens (including phenoxy) is 4. The highest BCUT2D eigenvalue weighted by atomic mass is 16.5. The van der Waals surface area contributed by atoms with Gasteiger partial charge >= 0.3 is 0 Å². The number of benzene rings is 2. The minimum atomic E-state index is -0.187. The average molecular weight is 469 g/mol. The molecule has 0 bridgehead atoms. The fraction of sp³-hybridized carbons (Fsp3) is 0.385. The van der Waals surface area contributed by atoms with Gasteiger partial charge in [0.05, 0.1) is 40.2 Å². The molecule has 0 spiro atoms. The first-order valence-electron chi connectivity index (χ1n) is 11.0. The normalized spacial score (nSPS) is 16.2. The molecule has 1 atom stereocenters. The number of methoxy groups -OCH3 is 4. The maximum Gasteiger partial charge on any atom is 0.241 e. The van der Waals surface area contributed by atoms with Gasteiger partial charge in [-0.05, 0) is 74.8 Å². The summed E-state index contributed by atoms with van der Waals surface area (Å²) in [5, 5.41) is 2.98. The molecule has 1 N–H and O–H groups in total. The van der Waals surface area contributed by atoms with Crippen molar-refractivity contribution in [3.8, 4) is 23.0 Å². The highest BCUT2D eigenvalue weighted by molar-refractivity contribution is 6.11. The third-order valence-corrected chi connectivity index (χ3v) is 5.97. The van der Waals surface area contributed by atoms with Crippen molar-refractivity contribution in [2.45, 2.75) is 25.8 Å². The van der Waals surface area contributed by atoms with E-state index in [4.69, 9.17) is 18.9 Å². The van der Waals surface area contributed by atoms with E-state index in [1.807, 2.05) is 18.0 Å². The van der Waals surface area contributed by atoms with Crippen LogP contribution in [0.2, 0.25) is 0 Å². The van der Waals surface area contributed by atoms with Crippen LogP contribution < -0.4 is 24.3 Å². The number of hydrogen-bond acceptors (Lipinski definition) is 7. The second-order valence-corrected chi connectivity index (χ2v) is 8.16. The number of Topliss-reactive ketones (excluding diaryl/α,β-unsaturated/α-hetero) is 1. The zero-order chi connectivity index (χ0) is 24.8. The Kier molecular flexibility index (Phi) is 8.17. The minimum Gasteiger partial charge on any atom is -0.495 e. The number of likely N-dealkylation sites (N-methyl/N-ethyl adjacent to an activating group) is 1. The first kappa shape index (κ1) is 25.1. The van der Waals surface area contributed by atoms with Crippen molar-refractivity contribution in [3.63, 3.8) is 0 Å². The molecule has 34 heavy (non-hydrogen) atoms. The molecule has 0 saturated carbocycles. The van der Waals surface area contributed by atoms with Gasteiger partial charge in [0, 0.05) is 5.56 Å². The molecule has 3 rings (SSSR count). The summed E-state index contributed by atoms with van der Waals surface area (Å²) in [6.45, 7) is 2.64. The molecule has 0 aliphatic carbocycles. The largest absolute Gasteiger partial charge is 0.495 e. The molecule has 1 aliphatic rings. The minimum absolute atomic E-state index is 0.0651. The predicted molar refractivity (Wildman–Crippen MR) is 131 cm³/mol. The van der Waals surface area contributed by atoms with E-state index in [0.717, 1.165) is 24.9 Å². The second kappa shape index (κ2) is 11.1. The standard InChI is InChI=1S/C26H32N2O6/c1-16(24(29)18-14-22(32-4)25(34-6)23(15-18)33-5)12-17-9-10-21(31-3)19(13-17)27-26(30)20-8-7-11-28(20)2/h9-10,12-15,20H,7-8,11H2,1-6H3,(H,27,30)/b16-12+/t20-/m0/s1. The maximum atomic E-state index is 13.2. The molecule has 0 aromatic heterocycles. The zero-order valence-electron chi connectivity index (χ0n) is 20.6. The SMILES string of the molecule is COc1ccc(/C=C(\C)C(=O)c2cc(OC)c(OC)c(OC)c2)cc1NC(=O)[C@@H]1CCCN1C. The maximum absolute atomic E-state index is 13.2. The quantitative estimate of drug-likeness (QED) is 0.439. The van der Waals surface area contributed by atoms with Gasteiger partial charge in [-0.15, -0.1) is 0 Å². The van der Waals surface area contributed by atoms with E-state index >= 15 is 0 Å². The van der Waals surface area contributed by atoms with E-state index in [2.05, 4.69) is 5.32 Å². The third-order valence-electron chi connectivity index (χ3n) is 5.97. The van der Waals surface area contributed by atoms with Gasteiger partial charge in [0.2, 0.25) is 11.7 Å². The molecule has 0 unspecified atom stereocenters. The summed E-state index contributed by atoms with van der Waals surface area (Å²) in [4.78, 5) is 28.0. The van der Waals surface area contributed by atoms with Crippen molar-refractivity contribution < 1.29 is 28.5 Å². The smallest absolute Gasteiger partial charge is 0.241 e. The zero-order valence-corrected chi connectivity index (χ0v) is 20.6. The number of amides is 1. The van der Waals surface area contributed by atoms with Crippen LogP contribution in [0.5, 0.6) is 23.0 Å². The fourth-order valence-corrected chi connectivity index (χ4v) is 4.13. The van der Waals surface area contributed by atoms with Gasteiger partial charge in [0.1, 0.15) is 5.75 Å². The Morgan fingerprint density at radius 3 is 2.15 bits per heavy atom. The number of nitrogens with zero attached hydrogens (tertiary/aromatic N) is 1. The highest BCUT2D eigenvalue weighted by Crippen LogP contribution is 2.39. The molecule has 2 aromatic rings. The molecule has 182 valence electrons. The lowest BCUT2D eigenvalue weighted by atomic mass is 10.0. The van der Waals surface area contributed by atoms with Crippen molar-refractivity contribution >= 4 is 23.5 Å². The number of nitrogens with one attached hydrogen (secondary N) is 1. The van der Waals surface area contributed by atoms with E-state index < -0.39 is 0 Å². The van der Waals surface area contributed by atoms with E-state index in [1.54, 1.807) is 44.4 Å². The number of likely N-dealkylation sites (tertiary alicyclic amines) is 1. The molecule has 1 aliphatic heterocycles. The number of carbonyl (C=O) groups is 2. The van der Waals surface area contributed by atoms with Crippen LogP contribution in [0.4, 0.5) is 5.69 Å². The van der Waals surface area contributed by atoms with Crippen LogP contribution in [0.1, 0.15) is 35.7 Å². The number of carbonyl (C=O) groups excluding carboxylic acids is 2. The second-order valence-electron chi connectivity index (χ2n) is 8.16. The van der Waals surface area contributed by atoms with Crippen LogP contribution in [0.15, 0.2) is 35.9 Å². The van der Waals surface area contributed by atoms with Gasteiger partial charge in [-0.25, -0.2) is 0 Å². The lowest BCUT2D eigenvalue weighted by molar-refractivity contribution is -0.119. The van der Waals surface area contributed by atoms with Crippen LogP contribution in [0, 0.1) is 0 Å². The topological polar surface area (TPSA) is 86.3 Å². The van der Waals surface area contributed by atoms with Crippen LogP contribution >= 0.6 is 0 Å². The van der Waals surface area contributed by atoms with Gasteiger partial charge in [-0.1, -0.05) is 6.07 Å². The number of anilines is 1. The predicted octanol–water partition coefficient (Wildman–Crippen LogP) is 4.04. The Bertz CT molecular complexity index is 1070. The monoisotopic (exact) mass is 468 g/mol. The fourth-order valence-electron chi connectivity index (χ4n) is 4.13. The lowest BCUT2D eigenvalue weighted by Crippen LogP contribution is -2.37. The Hall–Kier alpha value is -3.52. The summed E-state index contributed by atoms with van der Waals surface area (Å²) in [6, 6.07) is 8.50. The molecular formula is C26H32N2O6. The lowest BCUT2D eigenvalue weighted by Gasteiger charge is -2.19. The number of hydrogen-bond donors (Lipinski definition) is 1. The van der Waals surface area contributed by atoms with Crippen LogP contribution in [0.3, 0.4) is 0 Å². The van der Waals surface area contributed by atoms with E-state index in [1.165, 1.54) is 21.3 Å². The van der Waals surface area contributed by atoms with Crippen molar-refractivity contribution in [2.24, 2.45) is 0 Å². The highest BCUT2D eigenvalue weighted by Gasteiger charge is 2.28. The Labute approximate surface area is 200 Å². The van der Waals surface area contributed by atoms with Gasteiger partial charge in [-0.2, -0.15) is 0 Å².